The second kappa shape index (κ2) is 6.44. The molecule has 0 spiro atoms. The number of anilines is 1. The average Bonchev–Trinajstić information content (AvgIpc) is 2.51. The molecule has 0 amide bonds. The van der Waals surface area contributed by atoms with Gasteiger partial charge in [0.2, 0.25) is 0 Å². The molecule has 1 heterocycles. The first-order valence-corrected chi connectivity index (χ1v) is 8.12. The highest BCUT2D eigenvalue weighted by molar-refractivity contribution is 7.92. The summed E-state index contributed by atoms with van der Waals surface area (Å²) in [5.74, 6) is 0.0568. The number of aromatic hydroxyl groups is 1. The molecule has 0 saturated carbocycles. The van der Waals surface area contributed by atoms with Gasteiger partial charge in [-0.25, -0.2) is 8.42 Å². The van der Waals surface area contributed by atoms with Crippen molar-refractivity contribution in [2.24, 2.45) is 0 Å². The number of hydrogen-bond acceptors (Lipinski definition) is 4. The van der Waals surface area contributed by atoms with Gasteiger partial charge in [0.05, 0.1) is 16.1 Å². The molecule has 1 aromatic heterocycles. The summed E-state index contributed by atoms with van der Waals surface area (Å²) in [6.07, 6.45) is 1.55. The van der Waals surface area contributed by atoms with Crippen molar-refractivity contribution in [3.63, 3.8) is 0 Å². The van der Waals surface area contributed by atoms with Gasteiger partial charge in [-0.2, -0.15) is 0 Å². The van der Waals surface area contributed by atoms with E-state index in [1.165, 1.54) is 12.1 Å². The van der Waals surface area contributed by atoms with Crippen LogP contribution in [0, 0.1) is 6.92 Å². The maximum atomic E-state index is 12.4. The lowest BCUT2D eigenvalue weighted by molar-refractivity contribution is 0.481. The zero-order valence-corrected chi connectivity index (χ0v) is 13.9. The van der Waals surface area contributed by atoms with Gasteiger partial charge in [0.25, 0.3) is 10.0 Å². The summed E-state index contributed by atoms with van der Waals surface area (Å²) in [5.41, 5.74) is 1.71. The molecule has 0 aliphatic rings. The van der Waals surface area contributed by atoms with Gasteiger partial charge in [0, 0.05) is 11.6 Å². The highest BCUT2D eigenvalue weighted by Crippen LogP contribution is 2.30. The molecule has 0 aliphatic carbocycles. The van der Waals surface area contributed by atoms with Crippen LogP contribution < -0.4 is 4.72 Å². The highest BCUT2D eigenvalue weighted by Gasteiger charge is 2.16. The minimum absolute atomic E-state index is 0. The molecule has 3 rings (SSSR count). The van der Waals surface area contributed by atoms with E-state index in [0.717, 1.165) is 5.56 Å². The molecule has 2 aromatic carbocycles. The largest absolute Gasteiger partial charge is 0.507 e. The smallest absolute Gasteiger partial charge is 0.261 e. The van der Waals surface area contributed by atoms with Crippen LogP contribution in [0.4, 0.5) is 5.69 Å². The van der Waals surface area contributed by atoms with Crippen LogP contribution in [0.1, 0.15) is 5.56 Å². The molecule has 0 aliphatic heterocycles. The number of phenolic OH excluding ortho intramolecular Hbond substituents is 1. The van der Waals surface area contributed by atoms with Crippen molar-refractivity contribution < 1.29 is 13.5 Å². The molecule has 0 fully saturated rings. The van der Waals surface area contributed by atoms with Crippen LogP contribution in [0.5, 0.6) is 5.75 Å². The number of pyridine rings is 1. The van der Waals surface area contributed by atoms with Crippen LogP contribution in [0.15, 0.2) is 59.6 Å². The van der Waals surface area contributed by atoms with Gasteiger partial charge in [-0.3, -0.25) is 9.71 Å². The summed E-state index contributed by atoms with van der Waals surface area (Å²) in [7, 11) is -3.71. The van der Waals surface area contributed by atoms with E-state index in [4.69, 9.17) is 0 Å². The Labute approximate surface area is 140 Å². The predicted octanol–water partition coefficient (Wildman–Crippen LogP) is 3.47. The molecule has 5 nitrogen and oxygen atoms in total. The summed E-state index contributed by atoms with van der Waals surface area (Å²) in [5, 5.41) is 10.3. The van der Waals surface area contributed by atoms with Crippen molar-refractivity contribution in [3.8, 4) is 5.75 Å². The molecule has 0 saturated heterocycles. The number of nitrogens with zero attached hydrogens (tertiary/aromatic N) is 1. The second-order valence-corrected chi connectivity index (χ2v) is 6.63. The third-order valence-electron chi connectivity index (χ3n) is 3.32. The molecule has 7 heteroatoms. The van der Waals surface area contributed by atoms with Gasteiger partial charge in [-0.15, -0.1) is 12.4 Å². The zero-order valence-electron chi connectivity index (χ0n) is 12.2. The Morgan fingerprint density at radius 1 is 1.04 bits per heavy atom. The molecule has 23 heavy (non-hydrogen) atoms. The standard InChI is InChI=1S/C16H14N2O3S.ClH/c1-11-4-6-12(7-5-11)22(20,21)18-14-8-9-15(19)13-3-2-10-17-16(13)14;/h2-10,18-19H,1H3;1H. The quantitative estimate of drug-likeness (QED) is 0.709. The van der Waals surface area contributed by atoms with Gasteiger partial charge in [-0.1, -0.05) is 17.7 Å². The summed E-state index contributed by atoms with van der Waals surface area (Å²) in [6.45, 7) is 1.89. The van der Waals surface area contributed by atoms with Crippen molar-refractivity contribution in [3.05, 3.63) is 60.3 Å². The van der Waals surface area contributed by atoms with E-state index in [-0.39, 0.29) is 23.1 Å². The third kappa shape index (κ3) is 3.38. The van der Waals surface area contributed by atoms with E-state index >= 15 is 0 Å². The number of sulfonamides is 1. The lowest BCUT2D eigenvalue weighted by atomic mass is 10.2. The predicted molar refractivity (Wildman–Crippen MR) is 92.6 cm³/mol. The summed E-state index contributed by atoms with van der Waals surface area (Å²) in [6, 6.07) is 12.9. The molecule has 0 atom stereocenters. The van der Waals surface area contributed by atoms with Gasteiger partial charge >= 0.3 is 0 Å². The second-order valence-electron chi connectivity index (χ2n) is 4.95. The Bertz CT molecular complexity index is 941. The molecular formula is C16H15ClN2O3S. The third-order valence-corrected chi connectivity index (χ3v) is 4.70. The van der Waals surface area contributed by atoms with Crippen molar-refractivity contribution in [2.45, 2.75) is 11.8 Å². The first kappa shape index (κ1) is 17.1. The maximum absolute atomic E-state index is 12.4. The van der Waals surface area contributed by atoms with Crippen molar-refractivity contribution >= 4 is 39.0 Å². The van der Waals surface area contributed by atoms with E-state index in [1.54, 1.807) is 42.6 Å². The summed E-state index contributed by atoms with van der Waals surface area (Å²) >= 11 is 0. The molecular weight excluding hydrogens is 336 g/mol. The van der Waals surface area contributed by atoms with Gasteiger partial charge in [0.15, 0.2) is 0 Å². The molecule has 120 valence electrons. The van der Waals surface area contributed by atoms with Crippen molar-refractivity contribution in [1.82, 2.24) is 4.98 Å². The number of halogens is 1. The van der Waals surface area contributed by atoms with Crippen LogP contribution in [0.25, 0.3) is 10.9 Å². The van der Waals surface area contributed by atoms with Crippen molar-refractivity contribution in [2.75, 3.05) is 4.72 Å². The number of benzene rings is 2. The fourth-order valence-corrected chi connectivity index (χ4v) is 3.23. The van der Waals surface area contributed by atoms with E-state index in [9.17, 15) is 13.5 Å². The number of rotatable bonds is 3. The number of fused-ring (bicyclic) bond motifs is 1. The molecule has 2 N–H and O–H groups in total. The highest BCUT2D eigenvalue weighted by atomic mass is 35.5. The van der Waals surface area contributed by atoms with E-state index in [2.05, 4.69) is 9.71 Å². The van der Waals surface area contributed by atoms with Crippen LogP contribution in [0.2, 0.25) is 0 Å². The van der Waals surface area contributed by atoms with Crippen LogP contribution in [-0.4, -0.2) is 18.5 Å². The number of aromatic nitrogens is 1. The topological polar surface area (TPSA) is 79.3 Å². The first-order valence-electron chi connectivity index (χ1n) is 6.63. The Kier molecular flexibility index (Phi) is 4.77. The minimum Gasteiger partial charge on any atom is -0.507 e. The van der Waals surface area contributed by atoms with Crippen LogP contribution in [0.3, 0.4) is 0 Å². The molecule has 3 aromatic rings. The first-order chi connectivity index (χ1) is 10.5. The number of aryl methyl sites for hydroxylation is 1. The Morgan fingerprint density at radius 2 is 1.74 bits per heavy atom. The monoisotopic (exact) mass is 350 g/mol. The fraction of sp³-hybridized carbons (Fsp3) is 0.0625. The maximum Gasteiger partial charge on any atom is 0.261 e. The number of nitrogens with one attached hydrogen (secondary N) is 1. The number of hydrogen-bond donors (Lipinski definition) is 2. The van der Waals surface area contributed by atoms with Gasteiger partial charge in [-0.05, 0) is 43.3 Å². The summed E-state index contributed by atoms with van der Waals surface area (Å²) in [4.78, 5) is 4.32. The average molecular weight is 351 g/mol. The SMILES string of the molecule is Cc1ccc(S(=O)(=O)Nc2ccc(O)c3cccnc23)cc1.Cl. The van der Waals surface area contributed by atoms with E-state index in [0.29, 0.717) is 16.6 Å². The fourth-order valence-electron chi connectivity index (χ4n) is 2.16. The van der Waals surface area contributed by atoms with Gasteiger partial charge in [0.1, 0.15) is 5.75 Å². The normalized spacial score (nSPS) is 11.0. The Morgan fingerprint density at radius 3 is 2.43 bits per heavy atom. The van der Waals surface area contributed by atoms with Crippen LogP contribution in [-0.2, 0) is 10.0 Å². The molecule has 0 radical (unpaired) electrons. The minimum atomic E-state index is -3.71. The van der Waals surface area contributed by atoms with Crippen LogP contribution >= 0.6 is 12.4 Å². The van der Waals surface area contributed by atoms with Crippen molar-refractivity contribution in [1.29, 1.82) is 0 Å². The Balaban J connectivity index is 0.00000192. The zero-order chi connectivity index (χ0) is 15.7. The van der Waals surface area contributed by atoms with E-state index in [1.807, 2.05) is 6.92 Å². The number of phenols is 1. The Hall–Kier alpha value is -2.31. The molecule has 0 unspecified atom stereocenters. The lowest BCUT2D eigenvalue weighted by Crippen LogP contribution is -2.13. The summed E-state index contributed by atoms with van der Waals surface area (Å²) < 4.78 is 27.4. The van der Waals surface area contributed by atoms with Gasteiger partial charge < -0.3 is 5.11 Å². The lowest BCUT2D eigenvalue weighted by Gasteiger charge is -2.11. The molecule has 0 bridgehead atoms. The van der Waals surface area contributed by atoms with E-state index < -0.39 is 10.0 Å².